The van der Waals surface area contributed by atoms with Gasteiger partial charge in [0.05, 0.1) is 10.1 Å². The van der Waals surface area contributed by atoms with Gasteiger partial charge in [0.15, 0.2) is 0 Å². The number of allylic oxidation sites excluding steroid dienone is 1. The van der Waals surface area contributed by atoms with E-state index in [1.165, 1.54) is 6.08 Å². The number of hydrogen-bond acceptors (Lipinski definition) is 5. The maximum absolute atomic E-state index is 12.5. The molecule has 1 saturated heterocycles. The Labute approximate surface area is 165 Å². The van der Waals surface area contributed by atoms with Gasteiger partial charge in [-0.1, -0.05) is 32.6 Å². The van der Waals surface area contributed by atoms with Gasteiger partial charge in [-0.25, -0.2) is 0 Å². The number of piperazine rings is 1. The van der Waals surface area contributed by atoms with E-state index in [1.54, 1.807) is 19.1 Å². The summed E-state index contributed by atoms with van der Waals surface area (Å²) in [4.78, 5) is 28.7. The highest BCUT2D eigenvalue weighted by Gasteiger charge is 2.24. The Hall–Kier alpha value is -2.51. The van der Waals surface area contributed by atoms with Gasteiger partial charge in [0.25, 0.3) is 11.3 Å². The molecule has 28 heavy (non-hydrogen) atoms. The van der Waals surface area contributed by atoms with Crippen LogP contribution in [0.3, 0.4) is 0 Å². The molecule has 1 atom stereocenters. The van der Waals surface area contributed by atoms with Crippen LogP contribution < -0.4 is 21.3 Å². The molecule has 1 aliphatic heterocycles. The van der Waals surface area contributed by atoms with Gasteiger partial charge in [-0.3, -0.25) is 19.8 Å². The predicted octanol–water partition coefficient (Wildman–Crippen LogP) is 1.22. The van der Waals surface area contributed by atoms with Crippen molar-refractivity contribution < 1.29 is 4.92 Å². The van der Waals surface area contributed by atoms with Crippen LogP contribution in [0.15, 0.2) is 29.6 Å². The molecule has 1 aliphatic carbocycles. The van der Waals surface area contributed by atoms with Crippen molar-refractivity contribution in [2.75, 3.05) is 26.2 Å². The summed E-state index contributed by atoms with van der Waals surface area (Å²) in [5.74, 6) is 0. The second kappa shape index (κ2) is 10.1. The summed E-state index contributed by atoms with van der Waals surface area (Å²) in [6.45, 7) is 13.2. The number of aromatic amines is 1. The first-order chi connectivity index (χ1) is 13.5. The first kappa shape index (κ1) is 21.8. The Morgan fingerprint density at radius 3 is 2.61 bits per heavy atom. The van der Waals surface area contributed by atoms with Gasteiger partial charge >= 0.3 is 0 Å². The number of pyridine rings is 1. The molecule has 2 aliphatic rings. The van der Waals surface area contributed by atoms with Crippen molar-refractivity contribution >= 4 is 17.3 Å². The average molecular weight is 386 g/mol. The molecule has 1 aromatic heterocycles. The Morgan fingerprint density at radius 2 is 2.04 bits per heavy atom. The van der Waals surface area contributed by atoms with Crippen molar-refractivity contribution in [2.24, 2.45) is 0 Å². The Bertz CT molecular complexity index is 924. The van der Waals surface area contributed by atoms with Crippen LogP contribution in [0.4, 0.5) is 0 Å². The molecule has 3 rings (SSSR count). The van der Waals surface area contributed by atoms with E-state index in [4.69, 9.17) is 0 Å². The van der Waals surface area contributed by atoms with E-state index in [2.05, 4.69) is 27.9 Å². The molecule has 0 aromatic carbocycles. The Kier molecular flexibility index (Phi) is 7.90. The van der Waals surface area contributed by atoms with Crippen molar-refractivity contribution in [3.05, 3.63) is 61.4 Å². The minimum Gasteiger partial charge on any atom is -0.322 e. The monoisotopic (exact) mass is 386 g/mol. The first-order valence-corrected chi connectivity index (χ1v) is 9.91. The zero-order valence-corrected chi connectivity index (χ0v) is 17.0. The van der Waals surface area contributed by atoms with Gasteiger partial charge in [-0.2, -0.15) is 0 Å². The fraction of sp³-hybridized carbons (Fsp3) is 0.476. The van der Waals surface area contributed by atoms with Crippen LogP contribution in [0.1, 0.15) is 39.3 Å². The molecule has 0 amide bonds. The van der Waals surface area contributed by atoms with Gasteiger partial charge < -0.3 is 10.3 Å². The van der Waals surface area contributed by atoms with Crippen LogP contribution in [0.2, 0.25) is 0 Å². The highest BCUT2D eigenvalue weighted by Crippen LogP contribution is 2.28. The molecule has 0 spiro atoms. The van der Waals surface area contributed by atoms with E-state index in [1.807, 2.05) is 13.8 Å². The fourth-order valence-corrected chi connectivity index (χ4v) is 3.75. The molecule has 1 fully saturated rings. The lowest BCUT2D eigenvalue weighted by molar-refractivity contribution is -0.375. The first-order valence-electron chi connectivity index (χ1n) is 9.91. The zero-order chi connectivity index (χ0) is 20.7. The number of hydrogen-bond donors (Lipinski definition) is 2. The van der Waals surface area contributed by atoms with E-state index < -0.39 is 4.92 Å². The quantitative estimate of drug-likeness (QED) is 0.600. The lowest BCUT2D eigenvalue weighted by Gasteiger charge is -2.31. The predicted molar refractivity (Wildman–Crippen MR) is 114 cm³/mol. The van der Waals surface area contributed by atoms with Gasteiger partial charge in [0, 0.05) is 49.2 Å². The summed E-state index contributed by atoms with van der Waals surface area (Å²) >= 11 is 0. The van der Waals surface area contributed by atoms with Gasteiger partial charge in [-0.15, -0.1) is 0 Å². The molecule has 0 radical (unpaired) electrons. The van der Waals surface area contributed by atoms with Crippen LogP contribution in [0, 0.1) is 10.1 Å². The molecule has 2 heterocycles. The molecule has 1 aromatic rings. The molecule has 7 heteroatoms. The second-order valence-corrected chi connectivity index (χ2v) is 6.56. The van der Waals surface area contributed by atoms with E-state index >= 15 is 0 Å². The molecule has 1 unspecified atom stereocenters. The minimum absolute atomic E-state index is 0.150. The van der Waals surface area contributed by atoms with Gasteiger partial charge in [0.1, 0.15) is 0 Å². The van der Waals surface area contributed by atoms with Crippen molar-refractivity contribution in [1.82, 2.24) is 15.2 Å². The third-order valence-corrected chi connectivity index (χ3v) is 5.10. The van der Waals surface area contributed by atoms with Crippen LogP contribution in [0.5, 0.6) is 0 Å². The standard InChI is InChI=1S/C19H24N4O3.C2H6/c1-3-15-16(18(4-2)23(25)26)12-17(21-19(15)24)13-5-6-14(11-13)22-9-7-20-8-10-22;1-2/h3-4,11-12,14,20H,2,5-10H2,1H3,(H,21,24);1-2H3/b15-3+,18-16+;. The molecular weight excluding hydrogens is 356 g/mol. The van der Waals surface area contributed by atoms with E-state index in [0.29, 0.717) is 22.2 Å². The minimum atomic E-state index is -0.495. The van der Waals surface area contributed by atoms with Crippen LogP contribution >= 0.6 is 0 Å². The molecular formula is C21H30N4O3. The summed E-state index contributed by atoms with van der Waals surface area (Å²) < 4.78 is 0. The van der Waals surface area contributed by atoms with E-state index in [-0.39, 0.29) is 11.3 Å². The Balaban J connectivity index is 0.00000136. The highest BCUT2D eigenvalue weighted by atomic mass is 16.6. The number of nitrogens with zero attached hydrogens (tertiary/aromatic N) is 2. The van der Waals surface area contributed by atoms with Crippen LogP contribution in [-0.2, 0) is 0 Å². The van der Waals surface area contributed by atoms with Gasteiger partial charge in [-0.05, 0) is 31.4 Å². The number of nitrogens with one attached hydrogen (secondary N) is 2. The normalized spacial score (nSPS) is 21.5. The third kappa shape index (κ3) is 4.66. The molecule has 7 nitrogen and oxygen atoms in total. The van der Waals surface area contributed by atoms with E-state index in [0.717, 1.165) is 44.6 Å². The topological polar surface area (TPSA) is 91.3 Å². The maximum atomic E-state index is 12.5. The summed E-state index contributed by atoms with van der Waals surface area (Å²) in [5.41, 5.74) is 1.24. The number of aromatic nitrogens is 1. The van der Waals surface area contributed by atoms with Crippen molar-refractivity contribution in [3.63, 3.8) is 0 Å². The van der Waals surface area contributed by atoms with Crippen molar-refractivity contribution in [2.45, 2.75) is 39.7 Å². The van der Waals surface area contributed by atoms with Crippen LogP contribution in [-0.4, -0.2) is 47.0 Å². The number of H-pyrrole nitrogens is 1. The smallest absolute Gasteiger partial charge is 0.276 e. The lowest BCUT2D eigenvalue weighted by atomic mass is 10.1. The molecule has 0 saturated carbocycles. The Morgan fingerprint density at radius 1 is 1.36 bits per heavy atom. The maximum Gasteiger partial charge on any atom is 0.276 e. The summed E-state index contributed by atoms with van der Waals surface area (Å²) in [6, 6.07) is 2.07. The van der Waals surface area contributed by atoms with E-state index in [9.17, 15) is 14.9 Å². The van der Waals surface area contributed by atoms with Crippen molar-refractivity contribution in [3.8, 4) is 0 Å². The van der Waals surface area contributed by atoms with Crippen LogP contribution in [0.25, 0.3) is 17.3 Å². The molecule has 152 valence electrons. The zero-order valence-electron chi connectivity index (χ0n) is 17.0. The summed E-state index contributed by atoms with van der Waals surface area (Å²) in [7, 11) is 0. The highest BCUT2D eigenvalue weighted by molar-refractivity contribution is 5.66. The number of rotatable bonds is 4. The second-order valence-electron chi connectivity index (χ2n) is 6.56. The SMILES string of the molecule is C=C/C(=c1/cc(C2=CC(N3CCNCC3)CC2)[nH]c(=O)/c1=C/C)[N+](=O)[O-].CC. The molecule has 2 N–H and O–H groups in total. The summed E-state index contributed by atoms with van der Waals surface area (Å²) in [5, 5.41) is 15.3. The molecule has 0 bridgehead atoms. The average Bonchev–Trinajstić information content (AvgIpc) is 3.20. The fourth-order valence-electron chi connectivity index (χ4n) is 3.75. The van der Waals surface area contributed by atoms with Gasteiger partial charge in [0.2, 0.25) is 0 Å². The van der Waals surface area contributed by atoms with Crippen molar-refractivity contribution in [1.29, 1.82) is 0 Å². The summed E-state index contributed by atoms with van der Waals surface area (Å²) in [6.07, 6.45) is 6.83. The largest absolute Gasteiger partial charge is 0.322 e. The lowest BCUT2D eigenvalue weighted by Crippen LogP contribution is -2.47. The number of nitro groups is 1. The third-order valence-electron chi connectivity index (χ3n) is 5.10.